The van der Waals surface area contributed by atoms with Crippen molar-refractivity contribution < 1.29 is 4.79 Å². The summed E-state index contributed by atoms with van der Waals surface area (Å²) >= 11 is 0. The van der Waals surface area contributed by atoms with Crippen LogP contribution in [-0.2, 0) is 19.4 Å². The Morgan fingerprint density at radius 2 is 1.34 bits per heavy atom. The van der Waals surface area contributed by atoms with Crippen molar-refractivity contribution in [1.82, 2.24) is 4.90 Å². The third-order valence-electron chi connectivity index (χ3n) is 6.50. The van der Waals surface area contributed by atoms with E-state index in [2.05, 4.69) is 59.5 Å². The van der Waals surface area contributed by atoms with Gasteiger partial charge in [-0.15, -0.1) is 0 Å². The van der Waals surface area contributed by atoms with Crippen LogP contribution in [0.4, 0.5) is 0 Å². The summed E-state index contributed by atoms with van der Waals surface area (Å²) < 4.78 is 0. The van der Waals surface area contributed by atoms with Crippen LogP contribution in [0.1, 0.15) is 32.6 Å². The molecule has 5 rings (SSSR count). The fraction of sp³-hybridized carbons (Fsp3) is 0.167. The predicted molar refractivity (Wildman–Crippen MR) is 131 cm³/mol. The molecule has 0 aliphatic heterocycles. The average molecular weight is 418 g/mol. The number of hydrogen-bond acceptors (Lipinski definition) is 1. The van der Waals surface area contributed by atoms with Crippen molar-refractivity contribution in [2.24, 2.45) is 0 Å². The van der Waals surface area contributed by atoms with Gasteiger partial charge >= 0.3 is 0 Å². The normalized spacial score (nSPS) is 13.0. The van der Waals surface area contributed by atoms with Gasteiger partial charge in [-0.1, -0.05) is 103 Å². The fourth-order valence-corrected chi connectivity index (χ4v) is 4.86. The first-order valence-electron chi connectivity index (χ1n) is 11.3. The summed E-state index contributed by atoms with van der Waals surface area (Å²) in [6, 6.07) is 35.5. The monoisotopic (exact) mass is 417 g/mol. The van der Waals surface area contributed by atoms with Gasteiger partial charge in [0.2, 0.25) is 0 Å². The molecule has 0 aromatic heterocycles. The van der Waals surface area contributed by atoms with Crippen LogP contribution in [0.25, 0.3) is 11.1 Å². The second-order valence-corrected chi connectivity index (χ2v) is 8.61. The van der Waals surface area contributed by atoms with E-state index in [1.807, 2.05) is 55.5 Å². The van der Waals surface area contributed by atoms with Crippen LogP contribution in [0.3, 0.4) is 0 Å². The molecule has 2 heteroatoms. The second kappa shape index (κ2) is 8.84. The molecular weight excluding hydrogens is 390 g/mol. The number of fused-ring (bicyclic) bond motifs is 1. The Bertz CT molecular complexity index is 1210. The molecule has 1 aliphatic rings. The quantitative estimate of drug-likeness (QED) is 0.364. The molecule has 0 saturated heterocycles. The first kappa shape index (κ1) is 20.3. The van der Waals surface area contributed by atoms with Gasteiger partial charge in [-0.3, -0.25) is 4.79 Å². The molecule has 0 spiro atoms. The van der Waals surface area contributed by atoms with Crippen molar-refractivity contribution in [3.8, 4) is 11.1 Å². The molecule has 32 heavy (non-hydrogen) atoms. The highest BCUT2D eigenvalue weighted by Crippen LogP contribution is 2.32. The van der Waals surface area contributed by atoms with Gasteiger partial charge in [0.25, 0.3) is 5.91 Å². The summed E-state index contributed by atoms with van der Waals surface area (Å²) in [5.74, 6) is 0.114. The van der Waals surface area contributed by atoms with E-state index in [0.717, 1.165) is 40.7 Å². The smallest absolute Gasteiger partial charge is 0.255 e. The van der Waals surface area contributed by atoms with Gasteiger partial charge in [-0.2, -0.15) is 0 Å². The number of benzene rings is 4. The molecule has 0 N–H and O–H groups in total. The Kier molecular flexibility index (Phi) is 5.60. The Labute approximate surface area is 190 Å². The van der Waals surface area contributed by atoms with Gasteiger partial charge in [0, 0.05) is 12.6 Å². The van der Waals surface area contributed by atoms with E-state index in [9.17, 15) is 4.79 Å². The molecule has 1 aliphatic carbocycles. The summed E-state index contributed by atoms with van der Waals surface area (Å²) in [6.45, 7) is 2.66. The van der Waals surface area contributed by atoms with Crippen LogP contribution in [-0.4, -0.2) is 16.8 Å². The van der Waals surface area contributed by atoms with Gasteiger partial charge in [0.15, 0.2) is 0 Å². The molecule has 0 atom stereocenters. The SMILES string of the molecule is Cc1cccc(-c2ccccc2)c1C(=O)N(Cc1ccccc1)C1Cc2ccccc2C1. The largest absolute Gasteiger partial charge is 0.331 e. The number of aryl methyl sites for hydroxylation is 1. The number of carbonyl (C=O) groups is 1. The first-order chi connectivity index (χ1) is 15.7. The molecule has 0 heterocycles. The summed E-state index contributed by atoms with van der Waals surface area (Å²) in [5.41, 5.74) is 7.79. The molecule has 0 saturated carbocycles. The van der Waals surface area contributed by atoms with Crippen LogP contribution in [0.5, 0.6) is 0 Å². The predicted octanol–water partition coefficient (Wildman–Crippen LogP) is 6.47. The van der Waals surface area contributed by atoms with E-state index in [0.29, 0.717) is 6.54 Å². The van der Waals surface area contributed by atoms with Gasteiger partial charge in [-0.25, -0.2) is 0 Å². The van der Waals surface area contributed by atoms with Crippen molar-refractivity contribution >= 4 is 5.91 Å². The van der Waals surface area contributed by atoms with Gasteiger partial charge in [0.05, 0.1) is 5.56 Å². The molecule has 158 valence electrons. The molecule has 0 unspecified atom stereocenters. The van der Waals surface area contributed by atoms with Gasteiger partial charge in [-0.05, 0) is 53.1 Å². The van der Waals surface area contributed by atoms with Crippen molar-refractivity contribution in [1.29, 1.82) is 0 Å². The van der Waals surface area contributed by atoms with Crippen molar-refractivity contribution in [2.45, 2.75) is 32.4 Å². The minimum Gasteiger partial charge on any atom is -0.331 e. The Hall–Kier alpha value is -3.65. The van der Waals surface area contributed by atoms with Crippen molar-refractivity contribution in [3.05, 3.63) is 131 Å². The molecular formula is C30H27NO. The lowest BCUT2D eigenvalue weighted by molar-refractivity contribution is 0.0668. The van der Waals surface area contributed by atoms with Crippen LogP contribution in [0.15, 0.2) is 103 Å². The average Bonchev–Trinajstić information content (AvgIpc) is 3.27. The molecule has 4 aromatic rings. The molecule has 2 nitrogen and oxygen atoms in total. The van der Waals surface area contributed by atoms with Crippen molar-refractivity contribution in [3.63, 3.8) is 0 Å². The van der Waals surface area contributed by atoms with E-state index < -0.39 is 0 Å². The zero-order chi connectivity index (χ0) is 21.9. The van der Waals surface area contributed by atoms with E-state index in [-0.39, 0.29) is 11.9 Å². The van der Waals surface area contributed by atoms with E-state index in [4.69, 9.17) is 0 Å². The Morgan fingerprint density at radius 3 is 2.00 bits per heavy atom. The van der Waals surface area contributed by atoms with E-state index in [1.54, 1.807) is 0 Å². The first-order valence-corrected chi connectivity index (χ1v) is 11.3. The zero-order valence-electron chi connectivity index (χ0n) is 18.4. The highest BCUT2D eigenvalue weighted by Gasteiger charge is 2.32. The molecule has 1 amide bonds. The summed E-state index contributed by atoms with van der Waals surface area (Å²) in [6.07, 6.45) is 1.81. The maximum Gasteiger partial charge on any atom is 0.255 e. The number of carbonyl (C=O) groups excluding carboxylic acids is 1. The third kappa shape index (κ3) is 3.97. The minimum absolute atomic E-state index is 0.114. The number of rotatable bonds is 5. The lowest BCUT2D eigenvalue weighted by atomic mass is 9.94. The fourth-order valence-electron chi connectivity index (χ4n) is 4.86. The number of hydrogen-bond donors (Lipinski definition) is 0. The maximum atomic E-state index is 14.2. The summed E-state index contributed by atoms with van der Waals surface area (Å²) in [4.78, 5) is 16.3. The highest BCUT2D eigenvalue weighted by atomic mass is 16.2. The lowest BCUT2D eigenvalue weighted by Crippen LogP contribution is -2.41. The topological polar surface area (TPSA) is 20.3 Å². The van der Waals surface area contributed by atoms with Gasteiger partial charge in [0.1, 0.15) is 0 Å². The minimum atomic E-state index is 0.114. The lowest BCUT2D eigenvalue weighted by Gasteiger charge is -2.31. The molecule has 0 fully saturated rings. The van der Waals surface area contributed by atoms with Crippen LogP contribution < -0.4 is 0 Å². The maximum absolute atomic E-state index is 14.2. The molecule has 0 radical (unpaired) electrons. The van der Waals surface area contributed by atoms with E-state index >= 15 is 0 Å². The summed E-state index contributed by atoms with van der Waals surface area (Å²) in [7, 11) is 0. The van der Waals surface area contributed by atoms with Crippen LogP contribution >= 0.6 is 0 Å². The van der Waals surface area contributed by atoms with E-state index in [1.165, 1.54) is 11.1 Å². The highest BCUT2D eigenvalue weighted by molar-refractivity contribution is 6.02. The molecule has 0 bridgehead atoms. The standard InChI is InChI=1S/C30H27NO/c1-22-11-10-18-28(24-14-6-3-7-15-24)29(22)30(32)31(21-23-12-4-2-5-13-23)27-19-25-16-8-9-17-26(25)20-27/h2-18,27H,19-21H2,1H3. The molecule has 4 aromatic carbocycles. The third-order valence-corrected chi connectivity index (χ3v) is 6.50. The van der Waals surface area contributed by atoms with Crippen LogP contribution in [0, 0.1) is 6.92 Å². The van der Waals surface area contributed by atoms with Crippen LogP contribution in [0.2, 0.25) is 0 Å². The Morgan fingerprint density at radius 1 is 0.750 bits per heavy atom. The number of amides is 1. The van der Waals surface area contributed by atoms with Crippen molar-refractivity contribution in [2.75, 3.05) is 0 Å². The Balaban J connectivity index is 1.56. The summed E-state index contributed by atoms with van der Waals surface area (Å²) in [5, 5.41) is 0. The second-order valence-electron chi connectivity index (χ2n) is 8.61. The van der Waals surface area contributed by atoms with Gasteiger partial charge < -0.3 is 4.90 Å². The zero-order valence-corrected chi connectivity index (χ0v) is 18.4. The number of nitrogens with zero attached hydrogens (tertiary/aromatic N) is 1.